The van der Waals surface area contributed by atoms with Crippen LogP contribution in [0.4, 0.5) is 0 Å². The average Bonchev–Trinajstić information content (AvgIpc) is 2.90. The first-order valence-electron chi connectivity index (χ1n) is 9.23. The zero-order valence-corrected chi connectivity index (χ0v) is 16.7. The molecular weight excluding hydrogens is 342 g/mol. The summed E-state index contributed by atoms with van der Waals surface area (Å²) in [5, 5.41) is 0.808. The maximum absolute atomic E-state index is 13.5. The minimum atomic E-state index is 0.128. The van der Waals surface area contributed by atoms with Crippen molar-refractivity contribution in [3.05, 3.63) is 50.6 Å². The molecule has 2 aromatic heterocycles. The highest BCUT2D eigenvalue weighted by molar-refractivity contribution is 7.18. The second-order valence-corrected chi connectivity index (χ2v) is 8.68. The molecule has 3 aromatic rings. The van der Waals surface area contributed by atoms with Crippen molar-refractivity contribution in [2.45, 2.75) is 39.7 Å². The second kappa shape index (κ2) is 6.63. The summed E-state index contributed by atoms with van der Waals surface area (Å²) < 4.78 is 1.99. The number of hydrogen-bond donors (Lipinski definition) is 0. The number of rotatable bonds is 2. The van der Waals surface area contributed by atoms with Gasteiger partial charge in [-0.25, -0.2) is 4.98 Å². The minimum absolute atomic E-state index is 0.128. The Morgan fingerprint density at radius 3 is 2.58 bits per heavy atom. The van der Waals surface area contributed by atoms with Gasteiger partial charge in [-0.1, -0.05) is 23.8 Å². The zero-order chi connectivity index (χ0) is 18.4. The molecule has 3 heterocycles. The first-order chi connectivity index (χ1) is 12.5. The highest BCUT2D eigenvalue weighted by Gasteiger charge is 2.25. The van der Waals surface area contributed by atoms with Crippen LogP contribution in [0.2, 0.25) is 0 Å². The number of likely N-dealkylation sites (tertiary alicyclic amines) is 1. The van der Waals surface area contributed by atoms with E-state index in [1.54, 1.807) is 11.3 Å². The van der Waals surface area contributed by atoms with Gasteiger partial charge in [-0.3, -0.25) is 9.36 Å². The van der Waals surface area contributed by atoms with E-state index in [1.165, 1.54) is 10.4 Å². The van der Waals surface area contributed by atoms with Crippen LogP contribution in [0.5, 0.6) is 0 Å². The number of benzene rings is 1. The van der Waals surface area contributed by atoms with Gasteiger partial charge in [0.25, 0.3) is 5.56 Å². The fourth-order valence-corrected chi connectivity index (χ4v) is 4.91. The van der Waals surface area contributed by atoms with Crippen LogP contribution in [-0.4, -0.2) is 34.6 Å². The Bertz CT molecular complexity index is 1030. The molecule has 1 aromatic carbocycles. The van der Waals surface area contributed by atoms with Crippen LogP contribution in [0.3, 0.4) is 0 Å². The molecule has 5 heteroatoms. The van der Waals surface area contributed by atoms with Crippen LogP contribution in [0.15, 0.2) is 29.1 Å². The topological polar surface area (TPSA) is 38.1 Å². The van der Waals surface area contributed by atoms with Gasteiger partial charge in [0.2, 0.25) is 0 Å². The number of aryl methyl sites for hydroxylation is 3. The van der Waals surface area contributed by atoms with Gasteiger partial charge < -0.3 is 4.90 Å². The van der Waals surface area contributed by atoms with E-state index in [0.717, 1.165) is 53.1 Å². The third kappa shape index (κ3) is 2.89. The Labute approximate surface area is 158 Å². The van der Waals surface area contributed by atoms with Gasteiger partial charge in [0.1, 0.15) is 10.7 Å². The van der Waals surface area contributed by atoms with Gasteiger partial charge in [0.05, 0.1) is 5.39 Å². The lowest BCUT2D eigenvalue weighted by molar-refractivity contribution is 0.219. The summed E-state index contributed by atoms with van der Waals surface area (Å²) in [5.74, 6) is 0.821. The van der Waals surface area contributed by atoms with Crippen molar-refractivity contribution in [2.24, 2.45) is 0 Å². The summed E-state index contributed by atoms with van der Waals surface area (Å²) in [6.07, 6.45) is 1.98. The molecular formula is C21H25N3OS. The monoisotopic (exact) mass is 367 g/mol. The maximum Gasteiger partial charge on any atom is 0.263 e. The summed E-state index contributed by atoms with van der Waals surface area (Å²) in [6, 6.07) is 8.54. The van der Waals surface area contributed by atoms with Gasteiger partial charge in [-0.05, 0) is 65.4 Å². The smallest absolute Gasteiger partial charge is 0.263 e. The summed E-state index contributed by atoms with van der Waals surface area (Å²) in [6.45, 7) is 8.24. The molecule has 0 unspecified atom stereocenters. The largest absolute Gasteiger partial charge is 0.306 e. The van der Waals surface area contributed by atoms with Crippen molar-refractivity contribution in [1.29, 1.82) is 0 Å². The van der Waals surface area contributed by atoms with Crippen molar-refractivity contribution >= 4 is 21.6 Å². The summed E-state index contributed by atoms with van der Waals surface area (Å²) in [7, 11) is 2.15. The number of hydrogen-bond acceptors (Lipinski definition) is 4. The molecule has 0 bridgehead atoms. The molecule has 0 radical (unpaired) electrons. The summed E-state index contributed by atoms with van der Waals surface area (Å²) in [5.41, 5.74) is 3.43. The van der Waals surface area contributed by atoms with E-state index in [4.69, 9.17) is 4.98 Å². The number of thiophene rings is 1. The van der Waals surface area contributed by atoms with Crippen molar-refractivity contribution < 1.29 is 0 Å². The number of fused-ring (bicyclic) bond motifs is 1. The molecule has 1 aliphatic heterocycles. The molecule has 0 N–H and O–H groups in total. The Kier molecular flexibility index (Phi) is 4.45. The van der Waals surface area contributed by atoms with Crippen LogP contribution < -0.4 is 5.56 Å². The second-order valence-electron chi connectivity index (χ2n) is 7.48. The molecule has 1 aliphatic rings. The number of aromatic nitrogens is 2. The summed E-state index contributed by atoms with van der Waals surface area (Å²) >= 11 is 1.63. The van der Waals surface area contributed by atoms with Crippen molar-refractivity contribution in [2.75, 3.05) is 20.1 Å². The molecule has 26 heavy (non-hydrogen) atoms. The normalized spacial score (nSPS) is 16.5. The van der Waals surface area contributed by atoms with E-state index in [1.807, 2.05) is 17.6 Å². The predicted octanol–water partition coefficient (Wildman–Crippen LogP) is 4.32. The predicted molar refractivity (Wildman–Crippen MR) is 109 cm³/mol. The van der Waals surface area contributed by atoms with E-state index < -0.39 is 0 Å². The molecule has 4 rings (SSSR count). The van der Waals surface area contributed by atoms with E-state index in [9.17, 15) is 4.79 Å². The van der Waals surface area contributed by atoms with E-state index >= 15 is 0 Å². The molecule has 0 aliphatic carbocycles. The Morgan fingerprint density at radius 2 is 1.88 bits per heavy atom. The lowest BCUT2D eigenvalue weighted by Gasteiger charge is -2.31. The van der Waals surface area contributed by atoms with Gasteiger partial charge in [-0.2, -0.15) is 0 Å². The Morgan fingerprint density at radius 1 is 1.15 bits per heavy atom. The minimum Gasteiger partial charge on any atom is -0.306 e. The molecule has 0 saturated carbocycles. The molecule has 1 fully saturated rings. The fraction of sp³-hybridized carbons (Fsp3) is 0.429. The first-order valence-corrected chi connectivity index (χ1v) is 10.0. The van der Waals surface area contributed by atoms with Gasteiger partial charge in [-0.15, -0.1) is 11.3 Å². The Hall–Kier alpha value is -1.98. The van der Waals surface area contributed by atoms with Crippen LogP contribution in [0.1, 0.15) is 34.9 Å². The summed E-state index contributed by atoms with van der Waals surface area (Å²) in [4.78, 5) is 22.9. The van der Waals surface area contributed by atoms with Crippen LogP contribution in [-0.2, 0) is 0 Å². The molecule has 1 saturated heterocycles. The first kappa shape index (κ1) is 17.4. The third-order valence-corrected chi connectivity index (χ3v) is 6.67. The third-order valence-electron chi connectivity index (χ3n) is 5.56. The van der Waals surface area contributed by atoms with Crippen LogP contribution in [0.25, 0.3) is 21.6 Å². The van der Waals surface area contributed by atoms with Crippen LogP contribution in [0, 0.1) is 20.8 Å². The van der Waals surface area contributed by atoms with E-state index in [2.05, 4.69) is 44.0 Å². The quantitative estimate of drug-likeness (QED) is 0.677. The van der Waals surface area contributed by atoms with Crippen LogP contribution >= 0.6 is 11.3 Å². The van der Waals surface area contributed by atoms with E-state index in [0.29, 0.717) is 0 Å². The lowest BCUT2D eigenvalue weighted by atomic mass is 10.0. The molecule has 0 atom stereocenters. The highest BCUT2D eigenvalue weighted by Crippen LogP contribution is 2.32. The zero-order valence-electron chi connectivity index (χ0n) is 15.9. The average molecular weight is 368 g/mol. The highest BCUT2D eigenvalue weighted by atomic mass is 32.1. The lowest BCUT2D eigenvalue weighted by Crippen LogP contribution is -2.36. The van der Waals surface area contributed by atoms with Gasteiger partial charge >= 0.3 is 0 Å². The van der Waals surface area contributed by atoms with Gasteiger partial charge in [0, 0.05) is 16.5 Å². The standard InChI is InChI=1S/C21H25N3OS/c1-13-6-5-7-16(12-13)19-22-20-18(14(2)15(3)26-20)21(25)24(19)17-8-10-23(4)11-9-17/h5-7,12,17H,8-11H2,1-4H3. The Balaban J connectivity index is 1.99. The molecule has 136 valence electrons. The maximum atomic E-state index is 13.5. The van der Waals surface area contributed by atoms with Crippen molar-refractivity contribution in [3.8, 4) is 11.4 Å². The number of nitrogens with zero attached hydrogens (tertiary/aromatic N) is 3. The van der Waals surface area contributed by atoms with Crippen molar-refractivity contribution in [3.63, 3.8) is 0 Å². The fourth-order valence-electron chi connectivity index (χ4n) is 3.89. The molecule has 0 spiro atoms. The van der Waals surface area contributed by atoms with Crippen molar-refractivity contribution in [1.82, 2.24) is 14.5 Å². The number of piperidine rings is 1. The SMILES string of the molecule is Cc1cccc(-c2nc3sc(C)c(C)c3c(=O)n2C2CCN(C)CC2)c1. The van der Waals surface area contributed by atoms with Gasteiger partial charge in [0.15, 0.2) is 0 Å². The molecule has 0 amide bonds. The van der Waals surface area contributed by atoms with E-state index in [-0.39, 0.29) is 11.6 Å². The molecule has 4 nitrogen and oxygen atoms in total.